The Morgan fingerprint density at radius 3 is 2.38 bits per heavy atom. The van der Waals surface area contributed by atoms with E-state index in [9.17, 15) is 4.79 Å². The quantitative estimate of drug-likeness (QED) is 0.413. The smallest absolute Gasteiger partial charge is 0.135 e. The lowest BCUT2D eigenvalue weighted by molar-refractivity contribution is -0.122. The lowest BCUT2D eigenvalue weighted by Gasteiger charge is -2.03. The normalized spacial score (nSPS) is 10.4. The molecule has 0 bridgehead atoms. The summed E-state index contributed by atoms with van der Waals surface area (Å²) in [6, 6.07) is 0. The lowest BCUT2D eigenvalue weighted by Crippen LogP contribution is -2.05. The van der Waals surface area contributed by atoms with Crippen LogP contribution in [0.4, 0.5) is 0 Å². The predicted molar refractivity (Wildman–Crippen MR) is 57.7 cm³/mol. The highest BCUT2D eigenvalue weighted by Gasteiger charge is 2.05. The average molecular weight is 182 g/mol. The maximum absolute atomic E-state index is 11.2. The van der Waals surface area contributed by atoms with E-state index < -0.39 is 0 Å². The van der Waals surface area contributed by atoms with Gasteiger partial charge < -0.3 is 0 Å². The molecule has 0 atom stereocenters. The fourth-order valence-electron chi connectivity index (χ4n) is 1.23. The molecule has 0 aromatic carbocycles. The van der Waals surface area contributed by atoms with Crippen molar-refractivity contribution < 1.29 is 4.79 Å². The molecule has 0 rings (SSSR count). The molecule has 0 spiro atoms. The van der Waals surface area contributed by atoms with Gasteiger partial charge in [0.25, 0.3) is 0 Å². The maximum Gasteiger partial charge on any atom is 0.135 e. The zero-order valence-corrected chi connectivity index (χ0v) is 9.01. The molecule has 0 saturated carbocycles. The molecule has 0 fully saturated rings. The second kappa shape index (κ2) is 8.03. The third-order valence-electron chi connectivity index (χ3n) is 2.23. The molecule has 0 aliphatic carbocycles. The number of unbranched alkanes of at least 4 members (excludes halogenated alkanes) is 4. The highest BCUT2D eigenvalue weighted by molar-refractivity contribution is 5.80. The van der Waals surface area contributed by atoms with Gasteiger partial charge in [0.05, 0.1) is 0 Å². The van der Waals surface area contributed by atoms with Gasteiger partial charge in [0.15, 0.2) is 0 Å². The molecule has 0 aliphatic heterocycles. The Morgan fingerprint density at radius 1 is 1.23 bits per heavy atom. The molecular weight excluding hydrogens is 160 g/mol. The standard InChI is InChI=1S/C12H22O/c1-4-5-6-7-8-9-10-12(13)11(2)3/h4,11H,1,5-10H2,2-3H3. The Balaban J connectivity index is 3.16. The Kier molecular flexibility index (Phi) is 7.66. The van der Waals surface area contributed by atoms with Crippen LogP contribution in [0.25, 0.3) is 0 Å². The summed E-state index contributed by atoms with van der Waals surface area (Å²) in [5.41, 5.74) is 0. The van der Waals surface area contributed by atoms with E-state index in [1.54, 1.807) is 0 Å². The zero-order valence-electron chi connectivity index (χ0n) is 9.01. The molecule has 1 heteroatoms. The van der Waals surface area contributed by atoms with Crippen molar-refractivity contribution in [3.05, 3.63) is 12.7 Å². The van der Waals surface area contributed by atoms with Crippen molar-refractivity contribution in [2.45, 2.75) is 52.4 Å². The maximum atomic E-state index is 11.2. The summed E-state index contributed by atoms with van der Waals surface area (Å²) in [5, 5.41) is 0. The van der Waals surface area contributed by atoms with E-state index in [0.29, 0.717) is 5.78 Å². The van der Waals surface area contributed by atoms with Crippen LogP contribution in [-0.4, -0.2) is 5.78 Å². The summed E-state index contributed by atoms with van der Waals surface area (Å²) in [5.74, 6) is 0.622. The van der Waals surface area contributed by atoms with Gasteiger partial charge in [-0.3, -0.25) is 4.79 Å². The minimum absolute atomic E-state index is 0.216. The van der Waals surface area contributed by atoms with E-state index in [4.69, 9.17) is 0 Å². The summed E-state index contributed by atoms with van der Waals surface area (Å²) in [4.78, 5) is 11.2. The van der Waals surface area contributed by atoms with Crippen LogP contribution in [0.3, 0.4) is 0 Å². The molecule has 0 amide bonds. The summed E-state index contributed by atoms with van der Waals surface area (Å²) >= 11 is 0. The van der Waals surface area contributed by atoms with Crippen LogP contribution >= 0.6 is 0 Å². The number of Topliss-reactive ketones (excluding diaryl/α,β-unsaturated/α-hetero) is 1. The van der Waals surface area contributed by atoms with Crippen molar-refractivity contribution in [3.8, 4) is 0 Å². The van der Waals surface area contributed by atoms with Crippen LogP contribution in [0.2, 0.25) is 0 Å². The van der Waals surface area contributed by atoms with E-state index >= 15 is 0 Å². The van der Waals surface area contributed by atoms with Gasteiger partial charge in [0.2, 0.25) is 0 Å². The molecular formula is C12H22O. The van der Waals surface area contributed by atoms with Crippen LogP contribution in [-0.2, 0) is 4.79 Å². The molecule has 1 nitrogen and oxygen atoms in total. The fraction of sp³-hybridized carbons (Fsp3) is 0.750. The number of hydrogen-bond donors (Lipinski definition) is 0. The van der Waals surface area contributed by atoms with E-state index in [1.807, 2.05) is 19.9 Å². The van der Waals surface area contributed by atoms with Crippen LogP contribution in [0, 0.1) is 5.92 Å². The second-order valence-electron chi connectivity index (χ2n) is 3.86. The van der Waals surface area contributed by atoms with E-state index in [-0.39, 0.29) is 5.92 Å². The van der Waals surface area contributed by atoms with Gasteiger partial charge in [-0.25, -0.2) is 0 Å². The molecule has 0 aromatic heterocycles. The first-order valence-corrected chi connectivity index (χ1v) is 5.32. The second-order valence-corrected chi connectivity index (χ2v) is 3.86. The molecule has 0 saturated heterocycles. The fourth-order valence-corrected chi connectivity index (χ4v) is 1.23. The number of rotatable bonds is 8. The minimum Gasteiger partial charge on any atom is -0.299 e. The van der Waals surface area contributed by atoms with Gasteiger partial charge in [-0.05, 0) is 19.3 Å². The van der Waals surface area contributed by atoms with Gasteiger partial charge in [-0.15, -0.1) is 6.58 Å². The van der Waals surface area contributed by atoms with Crippen molar-refractivity contribution in [2.24, 2.45) is 5.92 Å². The third-order valence-corrected chi connectivity index (χ3v) is 2.23. The van der Waals surface area contributed by atoms with Crippen molar-refractivity contribution in [1.82, 2.24) is 0 Å². The highest BCUT2D eigenvalue weighted by atomic mass is 16.1. The molecule has 0 heterocycles. The first-order chi connectivity index (χ1) is 6.18. The Hall–Kier alpha value is -0.590. The van der Waals surface area contributed by atoms with Gasteiger partial charge in [0.1, 0.15) is 5.78 Å². The van der Waals surface area contributed by atoms with Gasteiger partial charge in [-0.1, -0.05) is 32.8 Å². The first-order valence-electron chi connectivity index (χ1n) is 5.32. The Labute approximate surface area is 82.2 Å². The Bertz CT molecular complexity index is 147. The largest absolute Gasteiger partial charge is 0.299 e. The molecule has 0 aliphatic rings. The first kappa shape index (κ1) is 12.4. The van der Waals surface area contributed by atoms with Crippen molar-refractivity contribution >= 4 is 5.78 Å². The van der Waals surface area contributed by atoms with Crippen LogP contribution in [0.15, 0.2) is 12.7 Å². The average Bonchev–Trinajstić information content (AvgIpc) is 2.10. The van der Waals surface area contributed by atoms with Crippen LogP contribution < -0.4 is 0 Å². The molecule has 13 heavy (non-hydrogen) atoms. The van der Waals surface area contributed by atoms with E-state index in [0.717, 1.165) is 19.3 Å². The summed E-state index contributed by atoms with van der Waals surface area (Å²) in [6.07, 6.45) is 8.54. The number of carbonyl (C=O) groups excluding carboxylic acids is 1. The van der Waals surface area contributed by atoms with E-state index in [2.05, 4.69) is 6.58 Å². The van der Waals surface area contributed by atoms with Gasteiger partial charge in [0, 0.05) is 12.3 Å². The van der Waals surface area contributed by atoms with Crippen molar-refractivity contribution in [2.75, 3.05) is 0 Å². The van der Waals surface area contributed by atoms with Crippen molar-refractivity contribution in [1.29, 1.82) is 0 Å². The molecule has 0 radical (unpaired) electrons. The van der Waals surface area contributed by atoms with Gasteiger partial charge >= 0.3 is 0 Å². The third kappa shape index (κ3) is 7.76. The van der Waals surface area contributed by atoms with E-state index in [1.165, 1.54) is 19.3 Å². The highest BCUT2D eigenvalue weighted by Crippen LogP contribution is 2.08. The SMILES string of the molecule is C=CCCCCCCC(=O)C(C)C. The molecule has 0 aromatic rings. The zero-order chi connectivity index (χ0) is 10.1. The number of allylic oxidation sites excluding steroid dienone is 1. The van der Waals surface area contributed by atoms with Crippen LogP contribution in [0.1, 0.15) is 52.4 Å². The monoisotopic (exact) mass is 182 g/mol. The molecule has 0 unspecified atom stereocenters. The number of hydrogen-bond acceptors (Lipinski definition) is 1. The molecule has 0 N–H and O–H groups in total. The van der Waals surface area contributed by atoms with Crippen LogP contribution in [0.5, 0.6) is 0 Å². The lowest BCUT2D eigenvalue weighted by atomic mass is 10.0. The van der Waals surface area contributed by atoms with Gasteiger partial charge in [-0.2, -0.15) is 0 Å². The minimum atomic E-state index is 0.216. The molecule has 76 valence electrons. The summed E-state index contributed by atoms with van der Waals surface area (Å²) in [6.45, 7) is 7.62. The predicted octanol–water partition coefficient (Wildman–Crippen LogP) is 3.74. The Morgan fingerprint density at radius 2 is 1.85 bits per heavy atom. The van der Waals surface area contributed by atoms with Crippen molar-refractivity contribution in [3.63, 3.8) is 0 Å². The summed E-state index contributed by atoms with van der Waals surface area (Å²) in [7, 11) is 0. The topological polar surface area (TPSA) is 17.1 Å². The number of ketones is 1. The summed E-state index contributed by atoms with van der Waals surface area (Å²) < 4.78 is 0. The number of carbonyl (C=O) groups is 1.